The molecule has 0 aromatic rings. The maximum Gasteiger partial charge on any atom is 0.236 e. The molecule has 0 aromatic heterocycles. The third kappa shape index (κ3) is 52.7. The number of hydrogen-bond donors (Lipinski definition) is 7. The minimum Gasteiger partial charge on any atom is -0.379 e. The molecule has 4 amide bonds. The molecule has 0 fully saturated rings. The molecule has 402 valence electrons. The van der Waals surface area contributed by atoms with Crippen molar-refractivity contribution < 1.29 is 71.3 Å². The Hall–Kier alpha value is -2.68. The van der Waals surface area contributed by atoms with E-state index in [0.29, 0.717) is 217 Å². The Bertz CT molecular complexity index is 1120. The smallest absolute Gasteiger partial charge is 0.236 e. The first kappa shape index (κ1) is 65.3. The normalized spacial score (nSPS) is 11.8. The molecule has 0 heterocycles. The molecule has 0 aliphatic carbocycles. The molecule has 0 bridgehead atoms. The van der Waals surface area contributed by atoms with E-state index in [1.165, 1.54) is 0 Å². The molecule has 1 atom stereocenters. The van der Waals surface area contributed by atoms with Crippen LogP contribution in [0.1, 0.15) is 83.5 Å². The molecule has 0 aliphatic heterocycles. The number of nitrogens with two attached hydrogens (primary N) is 3. The van der Waals surface area contributed by atoms with Gasteiger partial charge in [-0.25, -0.2) is 0 Å². The van der Waals surface area contributed by atoms with Gasteiger partial charge < -0.3 is 90.6 Å². The largest absolute Gasteiger partial charge is 0.379 e. The second kappa shape index (κ2) is 55.2. The van der Waals surface area contributed by atoms with Crippen LogP contribution in [-0.4, -0.2) is 214 Å². The minimum absolute atomic E-state index is 0.0710. The minimum atomic E-state index is -0.490. The van der Waals surface area contributed by atoms with E-state index in [2.05, 4.69) is 21.3 Å². The highest BCUT2D eigenvalue weighted by molar-refractivity contribution is 5.81. The molecular formula is C46H93N7O15. The van der Waals surface area contributed by atoms with E-state index in [9.17, 15) is 19.2 Å². The Morgan fingerprint density at radius 1 is 0.309 bits per heavy atom. The standard InChI is InChI=1S/C46H93N7O15/c47-14-4-1-2-11-43(54)50-16-6-20-58-26-32-64-33-27-59-21-7-17-51-44(55)12-24-62-30-36-66-38-40-68-41-39-67-37-31-63-25-13-45(56)52-18-8-22-60-28-34-65-35-29-61-23-9-19-53-46(57)42(49)10-3-5-15-48/h42H,1-41,47-49H2,(H,50,54)(H,51,55)(H,52,56)(H,53,57). The van der Waals surface area contributed by atoms with E-state index in [4.69, 9.17) is 69.3 Å². The highest BCUT2D eigenvalue weighted by Crippen LogP contribution is 1.99. The fourth-order valence-electron chi connectivity index (χ4n) is 5.63. The van der Waals surface area contributed by atoms with Crippen LogP contribution in [0.2, 0.25) is 0 Å². The average Bonchev–Trinajstić information content (AvgIpc) is 3.33. The summed E-state index contributed by atoms with van der Waals surface area (Å²) in [5, 5.41) is 11.4. The zero-order chi connectivity index (χ0) is 49.5. The lowest BCUT2D eigenvalue weighted by molar-refractivity contribution is -0.123. The first-order valence-corrected chi connectivity index (χ1v) is 25.0. The van der Waals surface area contributed by atoms with E-state index in [-0.39, 0.29) is 36.5 Å². The third-order valence-corrected chi connectivity index (χ3v) is 9.46. The van der Waals surface area contributed by atoms with E-state index < -0.39 is 6.04 Å². The fourth-order valence-corrected chi connectivity index (χ4v) is 5.63. The summed E-state index contributed by atoms with van der Waals surface area (Å²) in [4.78, 5) is 47.5. The van der Waals surface area contributed by atoms with Gasteiger partial charge in [0, 0.05) is 71.9 Å². The van der Waals surface area contributed by atoms with Crippen LogP contribution in [0.25, 0.3) is 0 Å². The number of unbranched alkanes of at least 4 members (excludes halogenated alkanes) is 3. The van der Waals surface area contributed by atoms with Crippen LogP contribution in [-0.2, 0) is 71.3 Å². The lowest BCUT2D eigenvalue weighted by Gasteiger charge is -2.12. The van der Waals surface area contributed by atoms with Crippen LogP contribution in [0.15, 0.2) is 0 Å². The number of carbonyl (C=O) groups is 4. The van der Waals surface area contributed by atoms with Crippen LogP contribution in [0.3, 0.4) is 0 Å². The van der Waals surface area contributed by atoms with Crippen molar-refractivity contribution in [3.05, 3.63) is 0 Å². The second-order valence-corrected chi connectivity index (χ2v) is 15.5. The first-order chi connectivity index (χ1) is 33.4. The van der Waals surface area contributed by atoms with Gasteiger partial charge in [-0.15, -0.1) is 0 Å². The Morgan fingerprint density at radius 3 is 0.926 bits per heavy atom. The first-order valence-electron chi connectivity index (χ1n) is 25.0. The van der Waals surface area contributed by atoms with Crippen LogP contribution in [0.4, 0.5) is 0 Å². The van der Waals surface area contributed by atoms with Gasteiger partial charge in [-0.3, -0.25) is 19.2 Å². The summed E-state index contributed by atoms with van der Waals surface area (Å²) in [5.41, 5.74) is 16.8. The lowest BCUT2D eigenvalue weighted by atomic mass is 10.1. The highest BCUT2D eigenvalue weighted by Gasteiger charge is 2.12. The van der Waals surface area contributed by atoms with Gasteiger partial charge in [0.15, 0.2) is 0 Å². The summed E-state index contributed by atoms with van der Waals surface area (Å²) >= 11 is 0. The molecule has 0 rings (SSSR count). The van der Waals surface area contributed by atoms with Crippen molar-refractivity contribution in [2.45, 2.75) is 89.5 Å². The Labute approximate surface area is 406 Å². The summed E-state index contributed by atoms with van der Waals surface area (Å²) in [7, 11) is 0. The number of ether oxygens (including phenoxy) is 11. The molecule has 0 aliphatic rings. The monoisotopic (exact) mass is 984 g/mol. The molecule has 0 radical (unpaired) electrons. The predicted molar refractivity (Wildman–Crippen MR) is 257 cm³/mol. The molecule has 68 heavy (non-hydrogen) atoms. The van der Waals surface area contributed by atoms with Crippen molar-refractivity contribution >= 4 is 23.6 Å². The fraction of sp³-hybridized carbons (Fsp3) is 0.913. The molecule has 22 nitrogen and oxygen atoms in total. The van der Waals surface area contributed by atoms with Crippen LogP contribution in [0, 0.1) is 0 Å². The zero-order valence-corrected chi connectivity index (χ0v) is 41.4. The predicted octanol–water partition coefficient (Wildman–Crippen LogP) is -0.0502. The van der Waals surface area contributed by atoms with Gasteiger partial charge in [-0.2, -0.15) is 0 Å². The number of carbonyl (C=O) groups excluding carboxylic acids is 4. The number of nitrogens with one attached hydrogen (secondary N) is 4. The molecule has 0 spiro atoms. The topological polar surface area (TPSA) is 296 Å². The van der Waals surface area contributed by atoms with E-state index >= 15 is 0 Å². The van der Waals surface area contributed by atoms with E-state index in [1.807, 2.05) is 0 Å². The molecule has 0 saturated carbocycles. The van der Waals surface area contributed by atoms with Crippen molar-refractivity contribution in [3.8, 4) is 0 Å². The molecule has 22 heteroatoms. The molecular weight excluding hydrogens is 891 g/mol. The van der Waals surface area contributed by atoms with Gasteiger partial charge in [0.1, 0.15) is 0 Å². The van der Waals surface area contributed by atoms with E-state index in [1.54, 1.807) is 0 Å². The van der Waals surface area contributed by atoms with Gasteiger partial charge in [-0.1, -0.05) is 12.8 Å². The molecule has 0 saturated heterocycles. The van der Waals surface area contributed by atoms with Crippen LogP contribution >= 0.6 is 0 Å². The lowest BCUT2D eigenvalue weighted by Crippen LogP contribution is -2.41. The number of rotatable bonds is 56. The zero-order valence-electron chi connectivity index (χ0n) is 41.4. The number of amides is 4. The molecule has 1 unspecified atom stereocenters. The number of hydrogen-bond acceptors (Lipinski definition) is 18. The van der Waals surface area contributed by atoms with Gasteiger partial charge in [0.2, 0.25) is 23.6 Å². The summed E-state index contributed by atoms with van der Waals surface area (Å²) in [6, 6.07) is -0.490. The van der Waals surface area contributed by atoms with Crippen LogP contribution < -0.4 is 38.5 Å². The average molecular weight is 984 g/mol. The Morgan fingerprint density at radius 2 is 0.588 bits per heavy atom. The SMILES string of the molecule is NCCCCCC(=O)NCCCOCCOCCOCCCNC(=O)CCOCCOCCOCCOCCOCCC(=O)NCCCOCCOCCOCCCNC(=O)C(N)CCCCN. The third-order valence-electron chi connectivity index (χ3n) is 9.46. The molecule has 0 aromatic carbocycles. The van der Waals surface area contributed by atoms with Gasteiger partial charge in [0.25, 0.3) is 0 Å². The molecule has 10 N–H and O–H groups in total. The van der Waals surface area contributed by atoms with E-state index in [0.717, 1.165) is 38.5 Å². The van der Waals surface area contributed by atoms with Gasteiger partial charge in [-0.05, 0) is 64.5 Å². The van der Waals surface area contributed by atoms with Crippen molar-refractivity contribution in [1.82, 2.24) is 21.3 Å². The Balaban J connectivity index is 3.26. The van der Waals surface area contributed by atoms with Crippen molar-refractivity contribution in [2.24, 2.45) is 17.2 Å². The van der Waals surface area contributed by atoms with Crippen LogP contribution in [0.5, 0.6) is 0 Å². The highest BCUT2D eigenvalue weighted by atomic mass is 16.6. The summed E-state index contributed by atoms with van der Waals surface area (Å²) < 4.78 is 60.5. The van der Waals surface area contributed by atoms with Gasteiger partial charge in [0.05, 0.1) is 125 Å². The Kier molecular flexibility index (Phi) is 53.1. The van der Waals surface area contributed by atoms with Crippen molar-refractivity contribution in [1.29, 1.82) is 0 Å². The van der Waals surface area contributed by atoms with Crippen molar-refractivity contribution in [2.75, 3.05) is 185 Å². The maximum atomic E-state index is 12.0. The van der Waals surface area contributed by atoms with Crippen molar-refractivity contribution in [3.63, 3.8) is 0 Å². The summed E-state index contributed by atoms with van der Waals surface area (Å²) in [5.74, 6) is -0.206. The summed E-state index contributed by atoms with van der Waals surface area (Å²) in [6.07, 6.45) is 9.15. The quantitative estimate of drug-likeness (QED) is 0.0393. The second-order valence-electron chi connectivity index (χ2n) is 15.5. The van der Waals surface area contributed by atoms with Gasteiger partial charge >= 0.3 is 0 Å². The summed E-state index contributed by atoms with van der Waals surface area (Å²) in [6.45, 7) is 13.3. The maximum absolute atomic E-state index is 12.0.